The number of benzene rings is 2. The van der Waals surface area contributed by atoms with E-state index in [1.165, 1.54) is 0 Å². The Morgan fingerprint density at radius 2 is 1.49 bits per heavy atom. The topological polar surface area (TPSA) is 153 Å². The van der Waals surface area contributed by atoms with Crippen molar-refractivity contribution in [2.45, 2.75) is 82.6 Å². The zero-order chi connectivity index (χ0) is 27.3. The Hall–Kier alpha value is -1.62. The summed E-state index contributed by atoms with van der Waals surface area (Å²) in [6.45, 7) is 1.90. The molecule has 0 saturated carbocycles. The maximum Gasteiger partial charge on any atom is 0.356 e. The molecule has 37 heavy (non-hydrogen) atoms. The molecule has 5 N–H and O–H groups in total. The standard InChI is InChI=1S/C26H40NO8PS/c1-2-3-4-11-18-23(27-37(33,34)19-12-17-21-13-7-5-8-14-21)24(28)25(26(29)36(30,31)32)35-20-22-15-9-6-10-16-22/h5-10,13-16,23-29H,2-4,11-12,17-20H2,1H3,(H2,30,31,32). The molecule has 0 bridgehead atoms. The number of nitrogens with one attached hydrogen (secondary N) is 1. The highest BCUT2D eigenvalue weighted by molar-refractivity contribution is 7.89. The molecule has 0 aliphatic carbocycles. The monoisotopic (exact) mass is 557 g/mol. The van der Waals surface area contributed by atoms with E-state index in [0.717, 1.165) is 24.8 Å². The van der Waals surface area contributed by atoms with Gasteiger partial charge in [0, 0.05) is 0 Å². The van der Waals surface area contributed by atoms with Crippen LogP contribution in [0.1, 0.15) is 56.6 Å². The fourth-order valence-corrected chi connectivity index (χ4v) is 6.05. The molecule has 0 saturated heterocycles. The van der Waals surface area contributed by atoms with E-state index in [0.29, 0.717) is 24.8 Å². The van der Waals surface area contributed by atoms with Gasteiger partial charge in [-0.15, -0.1) is 0 Å². The van der Waals surface area contributed by atoms with Crippen LogP contribution in [0.2, 0.25) is 0 Å². The third-order valence-electron chi connectivity index (χ3n) is 6.09. The first-order valence-electron chi connectivity index (χ1n) is 12.6. The lowest BCUT2D eigenvalue weighted by molar-refractivity contribution is -0.0979. The number of unbranched alkanes of at least 4 members (excludes halogenated alkanes) is 3. The minimum absolute atomic E-state index is 0.133. The first kappa shape index (κ1) is 31.6. The summed E-state index contributed by atoms with van der Waals surface area (Å²) in [4.78, 5) is 19.2. The van der Waals surface area contributed by atoms with Crippen LogP contribution in [0.25, 0.3) is 0 Å². The Morgan fingerprint density at radius 1 is 0.892 bits per heavy atom. The molecule has 0 amide bonds. The van der Waals surface area contributed by atoms with Crippen molar-refractivity contribution in [3.63, 3.8) is 0 Å². The van der Waals surface area contributed by atoms with Crippen molar-refractivity contribution in [1.82, 2.24) is 4.72 Å². The number of sulfonamides is 1. The summed E-state index contributed by atoms with van der Waals surface area (Å²) in [6.07, 6.45) is 0.983. The predicted molar refractivity (Wildman–Crippen MR) is 143 cm³/mol. The Morgan fingerprint density at radius 3 is 2.05 bits per heavy atom. The zero-order valence-corrected chi connectivity index (χ0v) is 22.9. The summed E-state index contributed by atoms with van der Waals surface area (Å²) in [6, 6.07) is 17.1. The van der Waals surface area contributed by atoms with Gasteiger partial charge in [-0.05, 0) is 30.4 Å². The molecule has 2 aromatic rings. The van der Waals surface area contributed by atoms with Crippen LogP contribution in [0.4, 0.5) is 0 Å². The minimum atomic E-state index is -5.07. The summed E-state index contributed by atoms with van der Waals surface area (Å²) in [5, 5.41) is 21.5. The molecule has 0 radical (unpaired) electrons. The normalized spacial score (nSPS) is 15.7. The lowest BCUT2D eigenvalue weighted by Gasteiger charge is -2.33. The Balaban J connectivity index is 2.17. The molecule has 0 aliphatic rings. The van der Waals surface area contributed by atoms with E-state index < -0.39 is 41.7 Å². The summed E-state index contributed by atoms with van der Waals surface area (Å²) >= 11 is 0. The quantitative estimate of drug-likeness (QED) is 0.138. The first-order chi connectivity index (χ1) is 17.5. The van der Waals surface area contributed by atoms with E-state index in [-0.39, 0.29) is 18.8 Å². The lowest BCUT2D eigenvalue weighted by Crippen LogP contribution is -2.53. The molecule has 2 rings (SSSR count). The van der Waals surface area contributed by atoms with Crippen molar-refractivity contribution in [2.75, 3.05) is 5.75 Å². The lowest BCUT2D eigenvalue weighted by atomic mass is 9.99. The predicted octanol–water partition coefficient (Wildman–Crippen LogP) is 3.32. The fourth-order valence-electron chi connectivity index (χ4n) is 4.04. The number of rotatable bonds is 18. The molecule has 208 valence electrons. The highest BCUT2D eigenvalue weighted by Crippen LogP contribution is 2.43. The maximum atomic E-state index is 12.9. The Kier molecular flexibility index (Phi) is 13.4. The Labute approximate surface area is 220 Å². The molecule has 0 fully saturated rings. The van der Waals surface area contributed by atoms with Gasteiger partial charge < -0.3 is 24.7 Å². The van der Waals surface area contributed by atoms with E-state index >= 15 is 0 Å². The zero-order valence-electron chi connectivity index (χ0n) is 21.2. The first-order valence-corrected chi connectivity index (χ1v) is 16.0. The minimum Gasteiger partial charge on any atom is -0.389 e. The van der Waals surface area contributed by atoms with Crippen molar-refractivity contribution >= 4 is 17.6 Å². The van der Waals surface area contributed by atoms with Crippen LogP contribution in [0, 0.1) is 0 Å². The van der Waals surface area contributed by atoms with Crippen LogP contribution in [0.15, 0.2) is 60.7 Å². The molecule has 2 aromatic carbocycles. The number of aliphatic hydroxyl groups excluding tert-OH is 2. The fraction of sp³-hybridized carbons (Fsp3) is 0.538. The summed E-state index contributed by atoms with van der Waals surface area (Å²) in [7, 11) is -8.92. The van der Waals surface area contributed by atoms with Crippen molar-refractivity contribution in [3.05, 3.63) is 71.8 Å². The second-order valence-corrected chi connectivity index (χ2v) is 12.8. The van der Waals surface area contributed by atoms with Gasteiger partial charge in [0.25, 0.3) is 0 Å². The molecule has 0 heterocycles. The average Bonchev–Trinajstić information content (AvgIpc) is 2.86. The summed E-state index contributed by atoms with van der Waals surface area (Å²) < 4.78 is 45.8. The molecule has 0 spiro atoms. The van der Waals surface area contributed by atoms with Crippen LogP contribution in [-0.2, 0) is 32.4 Å². The van der Waals surface area contributed by atoms with Crippen LogP contribution >= 0.6 is 7.60 Å². The second-order valence-electron chi connectivity index (χ2n) is 9.24. The average molecular weight is 558 g/mol. The van der Waals surface area contributed by atoms with E-state index in [9.17, 15) is 33.0 Å². The molecule has 4 atom stereocenters. The number of aryl methyl sites for hydroxylation is 1. The number of aliphatic hydroxyl groups is 2. The third kappa shape index (κ3) is 11.8. The van der Waals surface area contributed by atoms with Gasteiger partial charge in [0.1, 0.15) is 6.10 Å². The van der Waals surface area contributed by atoms with Gasteiger partial charge in [0.15, 0.2) is 5.85 Å². The van der Waals surface area contributed by atoms with Crippen LogP contribution < -0.4 is 4.72 Å². The molecule has 9 nitrogen and oxygen atoms in total. The molecule has 4 unspecified atom stereocenters. The van der Waals surface area contributed by atoms with Crippen LogP contribution in [-0.4, -0.2) is 58.3 Å². The van der Waals surface area contributed by atoms with E-state index in [1.807, 2.05) is 37.3 Å². The van der Waals surface area contributed by atoms with Gasteiger partial charge in [-0.1, -0.05) is 93.3 Å². The smallest absolute Gasteiger partial charge is 0.356 e. The summed E-state index contributed by atoms with van der Waals surface area (Å²) in [5.41, 5.74) is 1.67. The van der Waals surface area contributed by atoms with Gasteiger partial charge >= 0.3 is 7.60 Å². The van der Waals surface area contributed by atoms with Gasteiger partial charge in [-0.3, -0.25) is 4.57 Å². The Bertz CT molecular complexity index is 1050. The van der Waals surface area contributed by atoms with Gasteiger partial charge in [-0.2, -0.15) is 0 Å². The SMILES string of the molecule is CCCCCCC(NS(=O)(=O)CCCc1ccccc1)C(O)C(OCc1ccccc1)C(O)P(=O)(O)O. The van der Waals surface area contributed by atoms with Gasteiger partial charge in [0.2, 0.25) is 10.0 Å². The summed E-state index contributed by atoms with van der Waals surface area (Å²) in [5.74, 6) is -2.51. The molecule has 0 aromatic heterocycles. The van der Waals surface area contributed by atoms with Crippen molar-refractivity contribution in [3.8, 4) is 0 Å². The van der Waals surface area contributed by atoms with Gasteiger partial charge in [0.05, 0.1) is 24.5 Å². The van der Waals surface area contributed by atoms with E-state index in [2.05, 4.69) is 4.72 Å². The van der Waals surface area contributed by atoms with E-state index in [1.54, 1.807) is 30.3 Å². The van der Waals surface area contributed by atoms with Crippen molar-refractivity contribution < 1.29 is 37.7 Å². The second kappa shape index (κ2) is 15.7. The van der Waals surface area contributed by atoms with Crippen LogP contribution in [0.3, 0.4) is 0 Å². The highest BCUT2D eigenvalue weighted by Gasteiger charge is 2.43. The molecular formula is C26H40NO8PS. The number of ether oxygens (including phenoxy) is 1. The highest BCUT2D eigenvalue weighted by atomic mass is 32.2. The number of hydrogen-bond acceptors (Lipinski definition) is 6. The largest absolute Gasteiger partial charge is 0.389 e. The molecular weight excluding hydrogens is 517 g/mol. The van der Waals surface area contributed by atoms with Crippen LogP contribution in [0.5, 0.6) is 0 Å². The molecule has 0 aliphatic heterocycles. The van der Waals surface area contributed by atoms with E-state index in [4.69, 9.17) is 4.74 Å². The number of hydrogen-bond donors (Lipinski definition) is 5. The third-order valence-corrected chi connectivity index (χ3v) is 8.56. The maximum absolute atomic E-state index is 12.9. The van der Waals surface area contributed by atoms with Crippen molar-refractivity contribution in [1.29, 1.82) is 0 Å². The van der Waals surface area contributed by atoms with Gasteiger partial charge in [-0.25, -0.2) is 13.1 Å². The molecule has 11 heteroatoms. The van der Waals surface area contributed by atoms with Crippen molar-refractivity contribution in [2.24, 2.45) is 0 Å².